The molecule has 0 unspecified atom stereocenters. The molecule has 5 rings (SSSR count). The molecule has 1 aliphatic heterocycles. The first-order valence-electron chi connectivity index (χ1n) is 10.1. The molecule has 0 spiro atoms. The van der Waals surface area contributed by atoms with Gasteiger partial charge >= 0.3 is 0 Å². The summed E-state index contributed by atoms with van der Waals surface area (Å²) >= 11 is 1.50. The lowest BCUT2D eigenvalue weighted by atomic mass is 10.1. The first kappa shape index (κ1) is 19.1. The predicted octanol–water partition coefficient (Wildman–Crippen LogP) is 3.22. The number of hydrogen-bond donors (Lipinski definition) is 0. The zero-order chi connectivity index (χ0) is 20.5. The van der Waals surface area contributed by atoms with Gasteiger partial charge < -0.3 is 0 Å². The highest BCUT2D eigenvalue weighted by atomic mass is 32.2. The van der Waals surface area contributed by atoms with Crippen LogP contribution in [-0.2, 0) is 26.1 Å². The van der Waals surface area contributed by atoms with Gasteiger partial charge in [0.1, 0.15) is 0 Å². The third kappa shape index (κ3) is 3.55. The zero-order valence-electron chi connectivity index (χ0n) is 16.9. The summed E-state index contributed by atoms with van der Waals surface area (Å²) in [7, 11) is 0. The highest BCUT2D eigenvalue weighted by Gasteiger charge is 2.26. The standard InChI is InChI=1S/C23H23N5OS/c1-30-22-24-23-27(15-18-10-6-3-7-11-18)21(29)19-12-13-26(16-20(19)28(23)25-22)14-17-8-4-2-5-9-17/h2-11H,12-16H2,1H3. The normalized spacial score (nSPS) is 14.2. The van der Waals surface area contributed by atoms with Crippen LogP contribution < -0.4 is 5.56 Å². The van der Waals surface area contributed by atoms with Crippen molar-refractivity contribution in [3.05, 3.63) is 93.4 Å². The zero-order valence-corrected chi connectivity index (χ0v) is 17.7. The number of nitrogens with zero attached hydrogens (tertiary/aromatic N) is 5. The largest absolute Gasteiger partial charge is 0.293 e. The summed E-state index contributed by atoms with van der Waals surface area (Å²) in [5.74, 6) is 0.619. The Balaban J connectivity index is 1.57. The van der Waals surface area contributed by atoms with E-state index < -0.39 is 0 Å². The van der Waals surface area contributed by atoms with E-state index >= 15 is 0 Å². The van der Waals surface area contributed by atoms with E-state index in [0.29, 0.717) is 24.0 Å². The van der Waals surface area contributed by atoms with Crippen LogP contribution in [0.5, 0.6) is 0 Å². The topological polar surface area (TPSA) is 55.4 Å². The minimum absolute atomic E-state index is 0.0563. The molecule has 1 aliphatic rings. The number of fused-ring (bicyclic) bond motifs is 3. The van der Waals surface area contributed by atoms with E-state index in [1.54, 1.807) is 4.57 Å². The van der Waals surface area contributed by atoms with Crippen LogP contribution in [0.2, 0.25) is 0 Å². The van der Waals surface area contributed by atoms with Gasteiger partial charge in [-0.3, -0.25) is 14.3 Å². The van der Waals surface area contributed by atoms with Gasteiger partial charge in [0.25, 0.3) is 5.56 Å². The Morgan fingerprint density at radius 1 is 0.967 bits per heavy atom. The van der Waals surface area contributed by atoms with Crippen LogP contribution in [0.25, 0.3) is 5.78 Å². The van der Waals surface area contributed by atoms with Gasteiger partial charge in [-0.15, -0.1) is 5.10 Å². The average molecular weight is 418 g/mol. The maximum absolute atomic E-state index is 13.5. The van der Waals surface area contributed by atoms with E-state index in [2.05, 4.69) is 34.1 Å². The van der Waals surface area contributed by atoms with Gasteiger partial charge in [-0.1, -0.05) is 72.4 Å². The molecule has 0 N–H and O–H groups in total. The SMILES string of the molecule is CSc1nc2n(Cc3ccccc3)c(=O)c3c(n2n1)CN(Cc1ccccc1)CC3. The number of aromatic nitrogens is 4. The predicted molar refractivity (Wildman–Crippen MR) is 119 cm³/mol. The van der Waals surface area contributed by atoms with Gasteiger partial charge in [-0.25, -0.2) is 0 Å². The Labute approximate surface area is 179 Å². The van der Waals surface area contributed by atoms with Crippen molar-refractivity contribution in [2.24, 2.45) is 0 Å². The van der Waals surface area contributed by atoms with Gasteiger partial charge in [-0.05, 0) is 23.8 Å². The lowest BCUT2D eigenvalue weighted by Gasteiger charge is -2.29. The van der Waals surface area contributed by atoms with E-state index in [1.807, 2.05) is 47.2 Å². The van der Waals surface area contributed by atoms with Crippen LogP contribution in [0.15, 0.2) is 70.6 Å². The molecule has 0 fully saturated rings. The van der Waals surface area contributed by atoms with Crippen molar-refractivity contribution in [1.82, 2.24) is 24.1 Å². The molecule has 0 saturated heterocycles. The molecule has 0 aliphatic carbocycles. The smallest absolute Gasteiger partial charge is 0.258 e. The van der Waals surface area contributed by atoms with E-state index in [9.17, 15) is 4.79 Å². The molecular weight excluding hydrogens is 394 g/mol. The van der Waals surface area contributed by atoms with Crippen molar-refractivity contribution in [2.45, 2.75) is 31.2 Å². The van der Waals surface area contributed by atoms with Crippen molar-refractivity contribution in [3.63, 3.8) is 0 Å². The van der Waals surface area contributed by atoms with Crippen molar-refractivity contribution in [3.8, 4) is 0 Å². The Morgan fingerprint density at radius 3 is 2.30 bits per heavy atom. The van der Waals surface area contributed by atoms with E-state index in [4.69, 9.17) is 5.10 Å². The summed E-state index contributed by atoms with van der Waals surface area (Å²) in [6.45, 7) is 2.91. The van der Waals surface area contributed by atoms with Crippen LogP contribution in [0.4, 0.5) is 0 Å². The minimum Gasteiger partial charge on any atom is -0.293 e. The number of rotatable bonds is 5. The lowest BCUT2D eigenvalue weighted by molar-refractivity contribution is 0.237. The highest BCUT2D eigenvalue weighted by Crippen LogP contribution is 2.21. The molecule has 6 nitrogen and oxygen atoms in total. The second-order valence-corrected chi connectivity index (χ2v) is 8.33. The maximum Gasteiger partial charge on any atom is 0.258 e. The second kappa shape index (κ2) is 8.08. The molecule has 30 heavy (non-hydrogen) atoms. The van der Waals surface area contributed by atoms with Crippen LogP contribution in [0.3, 0.4) is 0 Å². The molecule has 152 valence electrons. The Hall–Kier alpha value is -2.90. The summed E-state index contributed by atoms with van der Waals surface area (Å²) in [5.41, 5.74) is 4.24. The summed E-state index contributed by atoms with van der Waals surface area (Å²) in [6, 6.07) is 20.5. The summed E-state index contributed by atoms with van der Waals surface area (Å²) < 4.78 is 3.66. The fourth-order valence-electron chi connectivity index (χ4n) is 4.09. The quantitative estimate of drug-likeness (QED) is 0.467. The average Bonchev–Trinajstić information content (AvgIpc) is 3.23. The van der Waals surface area contributed by atoms with Crippen molar-refractivity contribution >= 4 is 17.5 Å². The van der Waals surface area contributed by atoms with Gasteiger partial charge in [0.2, 0.25) is 10.9 Å². The molecule has 7 heteroatoms. The van der Waals surface area contributed by atoms with Crippen molar-refractivity contribution in [1.29, 1.82) is 0 Å². The molecule has 2 aromatic heterocycles. The molecule has 0 amide bonds. The molecule has 0 radical (unpaired) electrons. The van der Waals surface area contributed by atoms with E-state index in [0.717, 1.165) is 36.3 Å². The number of benzene rings is 2. The second-order valence-electron chi connectivity index (χ2n) is 7.56. The molecule has 0 bridgehead atoms. The van der Waals surface area contributed by atoms with Crippen LogP contribution in [0.1, 0.15) is 22.4 Å². The number of thioether (sulfide) groups is 1. The van der Waals surface area contributed by atoms with Gasteiger partial charge in [0.05, 0.1) is 12.2 Å². The fourth-order valence-corrected chi connectivity index (χ4v) is 4.43. The summed E-state index contributed by atoms with van der Waals surface area (Å²) in [4.78, 5) is 20.5. The van der Waals surface area contributed by atoms with E-state index in [-0.39, 0.29) is 5.56 Å². The van der Waals surface area contributed by atoms with Crippen molar-refractivity contribution < 1.29 is 0 Å². The van der Waals surface area contributed by atoms with Crippen LogP contribution in [-0.4, -0.2) is 36.9 Å². The van der Waals surface area contributed by atoms with E-state index in [1.165, 1.54) is 17.3 Å². The first-order valence-corrected chi connectivity index (χ1v) is 11.3. The third-order valence-electron chi connectivity index (χ3n) is 5.59. The Morgan fingerprint density at radius 2 is 1.63 bits per heavy atom. The maximum atomic E-state index is 13.5. The van der Waals surface area contributed by atoms with Crippen LogP contribution >= 0.6 is 11.8 Å². The molecule has 2 aromatic carbocycles. The monoisotopic (exact) mass is 417 g/mol. The molecule has 4 aromatic rings. The Kier molecular flexibility index (Phi) is 5.14. The van der Waals surface area contributed by atoms with Crippen molar-refractivity contribution in [2.75, 3.05) is 12.8 Å². The highest BCUT2D eigenvalue weighted by molar-refractivity contribution is 7.98. The third-order valence-corrected chi connectivity index (χ3v) is 6.12. The van der Waals surface area contributed by atoms with Gasteiger partial charge in [-0.2, -0.15) is 9.50 Å². The van der Waals surface area contributed by atoms with Crippen LogP contribution in [0, 0.1) is 0 Å². The number of hydrogen-bond acceptors (Lipinski definition) is 5. The molecular formula is C23H23N5OS. The summed E-state index contributed by atoms with van der Waals surface area (Å²) in [6.07, 6.45) is 2.68. The van der Waals surface area contributed by atoms with Gasteiger partial charge in [0.15, 0.2) is 0 Å². The Bertz CT molecular complexity index is 1230. The molecule has 0 atom stereocenters. The first-order chi connectivity index (χ1) is 14.7. The molecule has 3 heterocycles. The fraction of sp³-hybridized carbons (Fsp3) is 0.261. The summed E-state index contributed by atoms with van der Waals surface area (Å²) in [5, 5.41) is 5.40. The van der Waals surface area contributed by atoms with Gasteiger partial charge in [0, 0.05) is 25.2 Å². The minimum atomic E-state index is 0.0563. The molecule has 0 saturated carbocycles. The lowest BCUT2D eigenvalue weighted by Crippen LogP contribution is -2.38.